The molecule has 1 atom stereocenters. The Morgan fingerprint density at radius 2 is 2.35 bits per heavy atom. The predicted molar refractivity (Wildman–Crippen MR) is 75.5 cm³/mol. The maximum Gasteiger partial charge on any atom is 0.269 e. The Morgan fingerprint density at radius 3 is 2.90 bits per heavy atom. The summed E-state index contributed by atoms with van der Waals surface area (Å²) in [6, 6.07) is 1.85. The standard InChI is InChI=1S/C14H22N4O2/c1-4-18-12(7-11(17-18)9(2)3)14(20)16-10-5-6-13(19)15-8-10/h7,9-10H,4-6,8H2,1-3H3,(H,15,19)(H,16,20). The Morgan fingerprint density at radius 1 is 1.60 bits per heavy atom. The van der Waals surface area contributed by atoms with Gasteiger partial charge in [-0.1, -0.05) is 13.8 Å². The summed E-state index contributed by atoms with van der Waals surface area (Å²) < 4.78 is 1.73. The number of aromatic nitrogens is 2. The van der Waals surface area contributed by atoms with E-state index in [1.807, 2.05) is 13.0 Å². The van der Waals surface area contributed by atoms with Crippen molar-refractivity contribution in [1.29, 1.82) is 0 Å². The Bertz CT molecular complexity index is 497. The van der Waals surface area contributed by atoms with Gasteiger partial charge < -0.3 is 10.6 Å². The second-order valence-electron chi connectivity index (χ2n) is 5.44. The molecular formula is C14H22N4O2. The molecule has 110 valence electrons. The molecule has 0 aliphatic carbocycles. The molecule has 2 rings (SSSR count). The number of hydrogen-bond acceptors (Lipinski definition) is 3. The number of carbonyl (C=O) groups excluding carboxylic acids is 2. The fourth-order valence-corrected chi connectivity index (χ4v) is 2.26. The number of piperidine rings is 1. The second-order valence-corrected chi connectivity index (χ2v) is 5.44. The van der Waals surface area contributed by atoms with Gasteiger partial charge in [0, 0.05) is 25.6 Å². The van der Waals surface area contributed by atoms with Gasteiger partial charge in [-0.05, 0) is 25.3 Å². The molecule has 0 spiro atoms. The Kier molecular flexibility index (Phi) is 4.42. The fourth-order valence-electron chi connectivity index (χ4n) is 2.26. The molecule has 2 amide bonds. The van der Waals surface area contributed by atoms with Gasteiger partial charge in [-0.3, -0.25) is 14.3 Å². The van der Waals surface area contributed by atoms with E-state index in [4.69, 9.17) is 0 Å². The smallest absolute Gasteiger partial charge is 0.269 e. The van der Waals surface area contributed by atoms with Crippen LogP contribution in [0.1, 0.15) is 55.7 Å². The lowest BCUT2D eigenvalue weighted by atomic mass is 10.1. The lowest BCUT2D eigenvalue weighted by molar-refractivity contribution is -0.122. The number of nitrogens with one attached hydrogen (secondary N) is 2. The molecule has 1 aromatic rings. The summed E-state index contributed by atoms with van der Waals surface area (Å²) in [5, 5.41) is 10.2. The molecule has 1 saturated heterocycles. The van der Waals surface area contributed by atoms with E-state index in [1.54, 1.807) is 4.68 Å². The van der Waals surface area contributed by atoms with Crippen LogP contribution in [0.25, 0.3) is 0 Å². The van der Waals surface area contributed by atoms with Crippen molar-refractivity contribution in [3.05, 3.63) is 17.5 Å². The first-order valence-electron chi connectivity index (χ1n) is 7.16. The predicted octanol–water partition coefficient (Wildman–Crippen LogP) is 1.03. The summed E-state index contributed by atoms with van der Waals surface area (Å²) in [5.41, 5.74) is 1.52. The van der Waals surface area contributed by atoms with Crippen molar-refractivity contribution in [2.75, 3.05) is 6.54 Å². The molecule has 6 nitrogen and oxygen atoms in total. The number of aryl methyl sites for hydroxylation is 1. The van der Waals surface area contributed by atoms with Gasteiger partial charge in [0.05, 0.1) is 5.69 Å². The molecule has 6 heteroatoms. The summed E-state index contributed by atoms with van der Waals surface area (Å²) >= 11 is 0. The molecule has 1 aliphatic heterocycles. The van der Waals surface area contributed by atoms with E-state index in [-0.39, 0.29) is 17.9 Å². The third-order valence-corrected chi connectivity index (χ3v) is 3.52. The third kappa shape index (κ3) is 3.18. The van der Waals surface area contributed by atoms with Gasteiger partial charge in [0.2, 0.25) is 5.91 Å². The normalized spacial score (nSPS) is 19.0. The number of nitrogens with zero attached hydrogens (tertiary/aromatic N) is 2. The zero-order valence-electron chi connectivity index (χ0n) is 12.3. The first kappa shape index (κ1) is 14.6. The molecule has 0 aromatic carbocycles. The number of carbonyl (C=O) groups is 2. The maximum absolute atomic E-state index is 12.3. The minimum Gasteiger partial charge on any atom is -0.354 e. The average Bonchev–Trinajstić information content (AvgIpc) is 2.86. The zero-order valence-corrected chi connectivity index (χ0v) is 12.3. The molecule has 1 aliphatic rings. The highest BCUT2D eigenvalue weighted by atomic mass is 16.2. The summed E-state index contributed by atoms with van der Waals surface area (Å²) in [6.07, 6.45) is 1.16. The number of amides is 2. The number of hydrogen-bond donors (Lipinski definition) is 2. The lowest BCUT2D eigenvalue weighted by Gasteiger charge is -2.23. The molecule has 0 bridgehead atoms. The third-order valence-electron chi connectivity index (χ3n) is 3.52. The first-order valence-corrected chi connectivity index (χ1v) is 7.16. The molecule has 0 radical (unpaired) electrons. The molecule has 20 heavy (non-hydrogen) atoms. The van der Waals surface area contributed by atoms with Crippen molar-refractivity contribution in [2.45, 2.75) is 52.1 Å². The Balaban J connectivity index is 2.06. The highest BCUT2D eigenvalue weighted by Gasteiger charge is 2.22. The van der Waals surface area contributed by atoms with Crippen LogP contribution in [0.15, 0.2) is 6.07 Å². The molecule has 1 aromatic heterocycles. The van der Waals surface area contributed by atoms with Gasteiger partial charge in [0.1, 0.15) is 5.69 Å². The largest absolute Gasteiger partial charge is 0.354 e. The van der Waals surface area contributed by atoms with E-state index < -0.39 is 0 Å². The van der Waals surface area contributed by atoms with Gasteiger partial charge >= 0.3 is 0 Å². The minimum absolute atomic E-state index is 0.00269. The molecule has 0 saturated carbocycles. The molecular weight excluding hydrogens is 256 g/mol. The highest BCUT2D eigenvalue weighted by Crippen LogP contribution is 2.15. The van der Waals surface area contributed by atoms with Crippen molar-refractivity contribution in [1.82, 2.24) is 20.4 Å². The monoisotopic (exact) mass is 278 g/mol. The fraction of sp³-hybridized carbons (Fsp3) is 0.643. The maximum atomic E-state index is 12.3. The molecule has 1 unspecified atom stereocenters. The summed E-state index contributed by atoms with van der Waals surface area (Å²) in [5.74, 6) is 0.229. The van der Waals surface area contributed by atoms with Crippen LogP contribution in [-0.4, -0.2) is 34.2 Å². The van der Waals surface area contributed by atoms with Gasteiger partial charge in [0.15, 0.2) is 0 Å². The van der Waals surface area contributed by atoms with Crippen LogP contribution >= 0.6 is 0 Å². The van der Waals surface area contributed by atoms with Gasteiger partial charge in [-0.2, -0.15) is 5.10 Å². The molecule has 1 fully saturated rings. The van der Waals surface area contributed by atoms with Gasteiger partial charge in [0.25, 0.3) is 5.91 Å². The van der Waals surface area contributed by atoms with E-state index in [1.165, 1.54) is 0 Å². The van der Waals surface area contributed by atoms with Crippen LogP contribution in [0.5, 0.6) is 0 Å². The Labute approximate surface area is 118 Å². The number of rotatable bonds is 4. The topological polar surface area (TPSA) is 76.0 Å². The van der Waals surface area contributed by atoms with Crippen LogP contribution in [0.3, 0.4) is 0 Å². The summed E-state index contributed by atoms with van der Waals surface area (Å²) in [6.45, 7) is 7.24. The summed E-state index contributed by atoms with van der Waals surface area (Å²) in [7, 11) is 0. The van der Waals surface area contributed by atoms with Gasteiger partial charge in [-0.15, -0.1) is 0 Å². The van der Waals surface area contributed by atoms with Crippen LogP contribution < -0.4 is 10.6 Å². The van der Waals surface area contributed by atoms with Crippen LogP contribution in [-0.2, 0) is 11.3 Å². The van der Waals surface area contributed by atoms with Crippen molar-refractivity contribution in [2.24, 2.45) is 0 Å². The minimum atomic E-state index is -0.118. The average molecular weight is 278 g/mol. The van der Waals surface area contributed by atoms with E-state index >= 15 is 0 Å². The zero-order chi connectivity index (χ0) is 14.7. The van der Waals surface area contributed by atoms with Gasteiger partial charge in [-0.25, -0.2) is 0 Å². The van der Waals surface area contributed by atoms with Crippen LogP contribution in [0.2, 0.25) is 0 Å². The highest BCUT2D eigenvalue weighted by molar-refractivity contribution is 5.93. The lowest BCUT2D eigenvalue weighted by Crippen LogP contribution is -2.48. The van der Waals surface area contributed by atoms with Crippen molar-refractivity contribution in [3.8, 4) is 0 Å². The van der Waals surface area contributed by atoms with Crippen molar-refractivity contribution < 1.29 is 9.59 Å². The van der Waals surface area contributed by atoms with E-state index in [9.17, 15) is 9.59 Å². The SMILES string of the molecule is CCn1nc(C(C)C)cc1C(=O)NC1CCC(=O)NC1. The van der Waals surface area contributed by atoms with Crippen LogP contribution in [0.4, 0.5) is 0 Å². The van der Waals surface area contributed by atoms with E-state index in [2.05, 4.69) is 29.6 Å². The van der Waals surface area contributed by atoms with Crippen molar-refractivity contribution in [3.63, 3.8) is 0 Å². The molecule has 2 heterocycles. The first-order chi connectivity index (χ1) is 9.51. The quantitative estimate of drug-likeness (QED) is 0.864. The summed E-state index contributed by atoms with van der Waals surface area (Å²) in [4.78, 5) is 23.4. The van der Waals surface area contributed by atoms with Crippen molar-refractivity contribution >= 4 is 11.8 Å². The Hall–Kier alpha value is -1.85. The van der Waals surface area contributed by atoms with Crippen LogP contribution in [0, 0.1) is 0 Å². The van der Waals surface area contributed by atoms with E-state index in [0.717, 1.165) is 5.69 Å². The molecule has 2 N–H and O–H groups in total. The van der Waals surface area contributed by atoms with E-state index in [0.29, 0.717) is 37.5 Å². The second kappa shape index (κ2) is 6.07.